The highest BCUT2D eigenvalue weighted by Crippen LogP contribution is 2.20. The molecule has 1 fully saturated rings. The molecule has 0 radical (unpaired) electrons. The van der Waals surface area contributed by atoms with Crippen LogP contribution < -0.4 is 5.32 Å². The van der Waals surface area contributed by atoms with Crippen LogP contribution >= 0.6 is 0 Å². The normalized spacial score (nSPS) is 28.9. The second-order valence-electron chi connectivity index (χ2n) is 4.17. The molecule has 0 aromatic rings. The van der Waals surface area contributed by atoms with Crippen molar-refractivity contribution < 1.29 is 9.53 Å². The number of hydrogen-bond acceptors (Lipinski definition) is 3. The molecule has 1 rings (SSSR count). The molecule has 0 saturated carbocycles. The zero-order chi connectivity index (χ0) is 9.90. The van der Waals surface area contributed by atoms with Crippen LogP contribution in [0.5, 0.6) is 0 Å². The third kappa shape index (κ3) is 2.69. The smallest absolute Gasteiger partial charge is 0.326 e. The lowest BCUT2D eigenvalue weighted by atomic mass is 9.91. The molecular weight excluding hydrogens is 166 g/mol. The predicted octanol–water partition coefficient (Wildman–Crippen LogP) is 1.47. The van der Waals surface area contributed by atoms with Gasteiger partial charge in [0.1, 0.15) is 5.54 Å². The van der Waals surface area contributed by atoms with Gasteiger partial charge in [0, 0.05) is 0 Å². The van der Waals surface area contributed by atoms with E-state index >= 15 is 0 Å². The molecule has 0 bridgehead atoms. The van der Waals surface area contributed by atoms with Gasteiger partial charge in [0.15, 0.2) is 0 Å². The van der Waals surface area contributed by atoms with E-state index in [1.165, 1.54) is 0 Å². The minimum atomic E-state index is -0.442. The summed E-state index contributed by atoms with van der Waals surface area (Å²) < 4.78 is 5.19. The Bertz CT molecular complexity index is 183. The summed E-state index contributed by atoms with van der Waals surface area (Å²) in [7, 11) is 0. The Balaban J connectivity index is 2.51. The SMILES string of the molecule is CC(C)OC(=O)C1(C)CCCCN1. The van der Waals surface area contributed by atoms with Gasteiger partial charge in [0.05, 0.1) is 6.10 Å². The van der Waals surface area contributed by atoms with Crippen LogP contribution in [0.1, 0.15) is 40.0 Å². The number of ether oxygens (including phenoxy) is 1. The van der Waals surface area contributed by atoms with Crippen molar-refractivity contribution in [3.05, 3.63) is 0 Å². The van der Waals surface area contributed by atoms with Crippen LogP contribution in [0, 0.1) is 0 Å². The molecule has 1 aliphatic rings. The van der Waals surface area contributed by atoms with E-state index in [-0.39, 0.29) is 12.1 Å². The van der Waals surface area contributed by atoms with E-state index in [9.17, 15) is 4.79 Å². The summed E-state index contributed by atoms with van der Waals surface area (Å²) >= 11 is 0. The first kappa shape index (κ1) is 10.5. The number of carbonyl (C=O) groups excluding carboxylic acids is 1. The number of nitrogens with one attached hydrogen (secondary N) is 1. The van der Waals surface area contributed by atoms with Gasteiger partial charge in [-0.15, -0.1) is 0 Å². The van der Waals surface area contributed by atoms with Crippen molar-refractivity contribution in [2.45, 2.75) is 51.7 Å². The lowest BCUT2D eigenvalue weighted by molar-refractivity contribution is -0.155. The van der Waals surface area contributed by atoms with Crippen molar-refractivity contribution in [1.82, 2.24) is 5.32 Å². The van der Waals surface area contributed by atoms with Crippen molar-refractivity contribution in [3.8, 4) is 0 Å². The first-order valence-corrected chi connectivity index (χ1v) is 5.01. The highest BCUT2D eigenvalue weighted by molar-refractivity contribution is 5.80. The Labute approximate surface area is 79.8 Å². The molecule has 3 nitrogen and oxygen atoms in total. The zero-order valence-corrected chi connectivity index (χ0v) is 8.72. The Hall–Kier alpha value is -0.570. The van der Waals surface area contributed by atoms with E-state index in [2.05, 4.69) is 5.32 Å². The highest BCUT2D eigenvalue weighted by atomic mass is 16.5. The quantitative estimate of drug-likeness (QED) is 0.662. The van der Waals surface area contributed by atoms with Crippen LogP contribution in [0.2, 0.25) is 0 Å². The molecule has 0 aliphatic carbocycles. The Kier molecular flexibility index (Phi) is 3.31. The van der Waals surface area contributed by atoms with Crippen LogP contribution in [-0.2, 0) is 9.53 Å². The highest BCUT2D eigenvalue weighted by Gasteiger charge is 2.36. The van der Waals surface area contributed by atoms with Crippen LogP contribution in [-0.4, -0.2) is 24.2 Å². The molecule has 1 atom stereocenters. The van der Waals surface area contributed by atoms with E-state index in [0.29, 0.717) is 0 Å². The van der Waals surface area contributed by atoms with Crippen molar-refractivity contribution in [1.29, 1.82) is 0 Å². The minimum Gasteiger partial charge on any atom is -0.462 e. The van der Waals surface area contributed by atoms with Gasteiger partial charge in [-0.3, -0.25) is 4.79 Å². The number of carbonyl (C=O) groups is 1. The molecule has 1 N–H and O–H groups in total. The van der Waals surface area contributed by atoms with E-state index in [0.717, 1.165) is 25.8 Å². The van der Waals surface area contributed by atoms with Gasteiger partial charge < -0.3 is 10.1 Å². The molecule has 0 aromatic heterocycles. The lowest BCUT2D eigenvalue weighted by Crippen LogP contribution is -2.53. The molecule has 0 amide bonds. The van der Waals surface area contributed by atoms with Gasteiger partial charge in [-0.1, -0.05) is 0 Å². The maximum absolute atomic E-state index is 11.6. The number of rotatable bonds is 2. The number of esters is 1. The second-order valence-corrected chi connectivity index (χ2v) is 4.17. The van der Waals surface area contributed by atoms with Gasteiger partial charge in [-0.2, -0.15) is 0 Å². The molecule has 3 heteroatoms. The average molecular weight is 185 g/mol. The summed E-state index contributed by atoms with van der Waals surface area (Å²) in [5.41, 5.74) is -0.442. The topological polar surface area (TPSA) is 38.3 Å². The fraction of sp³-hybridized carbons (Fsp3) is 0.900. The third-order valence-electron chi connectivity index (χ3n) is 2.41. The summed E-state index contributed by atoms with van der Waals surface area (Å²) in [6, 6.07) is 0. The molecule has 0 aromatic carbocycles. The monoisotopic (exact) mass is 185 g/mol. The maximum atomic E-state index is 11.6. The first-order valence-electron chi connectivity index (χ1n) is 5.01. The van der Waals surface area contributed by atoms with E-state index in [1.54, 1.807) is 0 Å². The van der Waals surface area contributed by atoms with Gasteiger partial charge in [0.2, 0.25) is 0 Å². The molecule has 76 valence electrons. The summed E-state index contributed by atoms with van der Waals surface area (Å²) in [5, 5.41) is 3.23. The van der Waals surface area contributed by atoms with Gasteiger partial charge >= 0.3 is 5.97 Å². The van der Waals surface area contributed by atoms with Gasteiger partial charge in [-0.25, -0.2) is 0 Å². The Morgan fingerprint density at radius 1 is 1.46 bits per heavy atom. The minimum absolute atomic E-state index is 0.0203. The van der Waals surface area contributed by atoms with E-state index in [1.807, 2.05) is 20.8 Å². The van der Waals surface area contributed by atoms with Crippen LogP contribution in [0.15, 0.2) is 0 Å². The zero-order valence-electron chi connectivity index (χ0n) is 8.72. The summed E-state index contributed by atoms with van der Waals surface area (Å²) in [6.07, 6.45) is 3.13. The fourth-order valence-corrected chi connectivity index (χ4v) is 1.57. The standard InChI is InChI=1S/C10H19NO2/c1-8(2)13-9(12)10(3)6-4-5-7-11-10/h8,11H,4-7H2,1-3H3. The molecule has 0 spiro atoms. The van der Waals surface area contributed by atoms with E-state index in [4.69, 9.17) is 4.74 Å². The molecule has 13 heavy (non-hydrogen) atoms. The molecular formula is C10H19NO2. The van der Waals surface area contributed by atoms with Gasteiger partial charge in [0.25, 0.3) is 0 Å². The lowest BCUT2D eigenvalue weighted by Gasteiger charge is -2.33. The number of piperidine rings is 1. The molecule has 1 saturated heterocycles. The van der Waals surface area contributed by atoms with Crippen LogP contribution in [0.4, 0.5) is 0 Å². The fourth-order valence-electron chi connectivity index (χ4n) is 1.57. The second kappa shape index (κ2) is 4.09. The average Bonchev–Trinajstić information content (AvgIpc) is 2.04. The van der Waals surface area contributed by atoms with Crippen LogP contribution in [0.3, 0.4) is 0 Å². The van der Waals surface area contributed by atoms with Crippen molar-refractivity contribution in [2.24, 2.45) is 0 Å². The number of hydrogen-bond donors (Lipinski definition) is 1. The first-order chi connectivity index (χ1) is 6.04. The van der Waals surface area contributed by atoms with Crippen molar-refractivity contribution >= 4 is 5.97 Å². The summed E-state index contributed by atoms with van der Waals surface area (Å²) in [6.45, 7) is 6.61. The Morgan fingerprint density at radius 2 is 2.15 bits per heavy atom. The Morgan fingerprint density at radius 3 is 2.62 bits per heavy atom. The van der Waals surface area contributed by atoms with Crippen molar-refractivity contribution in [3.63, 3.8) is 0 Å². The van der Waals surface area contributed by atoms with Crippen LogP contribution in [0.25, 0.3) is 0 Å². The van der Waals surface area contributed by atoms with Crippen molar-refractivity contribution in [2.75, 3.05) is 6.54 Å². The maximum Gasteiger partial charge on any atom is 0.326 e. The summed E-state index contributed by atoms with van der Waals surface area (Å²) in [5.74, 6) is -0.109. The van der Waals surface area contributed by atoms with Gasteiger partial charge in [-0.05, 0) is 46.6 Å². The third-order valence-corrected chi connectivity index (χ3v) is 2.41. The molecule has 1 aliphatic heterocycles. The largest absolute Gasteiger partial charge is 0.462 e. The predicted molar refractivity (Wildman–Crippen MR) is 51.5 cm³/mol. The molecule has 1 heterocycles. The summed E-state index contributed by atoms with van der Waals surface area (Å²) in [4.78, 5) is 11.6. The van der Waals surface area contributed by atoms with E-state index < -0.39 is 5.54 Å². The molecule has 1 unspecified atom stereocenters.